The van der Waals surface area contributed by atoms with Gasteiger partial charge in [-0.15, -0.1) is 0 Å². The summed E-state index contributed by atoms with van der Waals surface area (Å²) < 4.78 is 21.8. The van der Waals surface area contributed by atoms with Crippen LogP contribution < -0.4 is 35.0 Å². The minimum absolute atomic E-state index is 0.230. The molecule has 40 heavy (non-hydrogen) atoms. The van der Waals surface area contributed by atoms with Gasteiger partial charge in [-0.25, -0.2) is 5.43 Å². The number of para-hydroxylation sites is 1. The van der Waals surface area contributed by atoms with Crippen LogP contribution in [0.5, 0.6) is 23.0 Å². The van der Waals surface area contributed by atoms with Crippen LogP contribution >= 0.6 is 0 Å². The first-order chi connectivity index (χ1) is 19.4. The number of methoxy groups -OCH3 is 1. The number of amides is 3. The van der Waals surface area contributed by atoms with Gasteiger partial charge in [-0.1, -0.05) is 18.7 Å². The molecule has 0 aliphatic heterocycles. The number of hydrogen-bond acceptors (Lipinski definition) is 8. The second kappa shape index (κ2) is 15.2. The second-order valence-corrected chi connectivity index (χ2v) is 7.95. The molecule has 0 bridgehead atoms. The van der Waals surface area contributed by atoms with Gasteiger partial charge in [0.15, 0.2) is 18.1 Å². The molecule has 0 spiro atoms. The average molecular weight is 547 g/mol. The Morgan fingerprint density at radius 1 is 0.850 bits per heavy atom. The fourth-order valence-corrected chi connectivity index (χ4v) is 3.27. The van der Waals surface area contributed by atoms with E-state index in [2.05, 4.69) is 27.7 Å². The Kier molecular flexibility index (Phi) is 11.1. The normalized spacial score (nSPS) is 10.3. The van der Waals surface area contributed by atoms with Gasteiger partial charge in [-0.3, -0.25) is 14.4 Å². The molecule has 11 nitrogen and oxygen atoms in total. The van der Waals surface area contributed by atoms with Crippen molar-refractivity contribution in [3.63, 3.8) is 0 Å². The molecule has 0 radical (unpaired) electrons. The van der Waals surface area contributed by atoms with Crippen molar-refractivity contribution in [1.29, 1.82) is 0 Å². The van der Waals surface area contributed by atoms with E-state index in [1.807, 2.05) is 6.92 Å². The average Bonchev–Trinajstić information content (AvgIpc) is 2.97. The Balaban J connectivity index is 1.56. The van der Waals surface area contributed by atoms with Crippen molar-refractivity contribution in [2.75, 3.05) is 37.6 Å². The smallest absolute Gasteiger partial charge is 0.329 e. The van der Waals surface area contributed by atoms with Gasteiger partial charge in [0.1, 0.15) is 18.1 Å². The number of carbonyl (C=O) groups excluding carboxylic acids is 3. The van der Waals surface area contributed by atoms with Crippen LogP contribution in [-0.2, 0) is 14.4 Å². The summed E-state index contributed by atoms with van der Waals surface area (Å²) in [6, 6.07) is 18.4. The molecule has 11 heteroatoms. The number of hydrogen-bond donors (Lipinski definition) is 3. The van der Waals surface area contributed by atoms with E-state index in [0.717, 1.165) is 0 Å². The summed E-state index contributed by atoms with van der Waals surface area (Å²) in [6.07, 6.45) is 2.89. The predicted octanol–water partition coefficient (Wildman–Crippen LogP) is 3.77. The van der Waals surface area contributed by atoms with Gasteiger partial charge in [0, 0.05) is 16.9 Å². The SMILES string of the molecule is C=CCOc1ccc(NC(=O)C(=O)N/N=C\c2cccc(OC)c2OCC(=O)Nc2ccc(OCC)cc2)cc1. The van der Waals surface area contributed by atoms with Crippen LogP contribution in [0.3, 0.4) is 0 Å². The van der Waals surface area contributed by atoms with Crippen molar-refractivity contribution in [3.8, 4) is 23.0 Å². The zero-order valence-corrected chi connectivity index (χ0v) is 22.1. The first-order valence-electron chi connectivity index (χ1n) is 12.2. The van der Waals surface area contributed by atoms with Crippen molar-refractivity contribution in [3.05, 3.63) is 84.9 Å². The summed E-state index contributed by atoms with van der Waals surface area (Å²) >= 11 is 0. The minimum atomic E-state index is -0.983. The number of nitrogens with one attached hydrogen (secondary N) is 3. The molecule has 0 aliphatic rings. The Labute approximate surface area is 231 Å². The van der Waals surface area contributed by atoms with Crippen molar-refractivity contribution in [2.24, 2.45) is 5.10 Å². The zero-order valence-electron chi connectivity index (χ0n) is 22.1. The van der Waals surface area contributed by atoms with Gasteiger partial charge in [0.05, 0.1) is 19.9 Å². The minimum Gasteiger partial charge on any atom is -0.494 e. The van der Waals surface area contributed by atoms with Gasteiger partial charge in [-0.05, 0) is 67.6 Å². The van der Waals surface area contributed by atoms with Gasteiger partial charge in [-0.2, -0.15) is 5.10 Å². The molecule has 3 N–H and O–H groups in total. The number of rotatable bonds is 13. The number of ether oxygens (including phenoxy) is 4. The van der Waals surface area contributed by atoms with E-state index in [1.54, 1.807) is 72.8 Å². The summed E-state index contributed by atoms with van der Waals surface area (Å²) in [5, 5.41) is 9.05. The van der Waals surface area contributed by atoms with Crippen molar-refractivity contribution < 1.29 is 33.3 Å². The molecule has 0 unspecified atom stereocenters. The van der Waals surface area contributed by atoms with Crippen LogP contribution in [-0.4, -0.2) is 50.9 Å². The topological polar surface area (TPSA) is 137 Å². The lowest BCUT2D eigenvalue weighted by atomic mass is 10.2. The number of benzene rings is 3. The van der Waals surface area contributed by atoms with E-state index < -0.39 is 17.7 Å². The second-order valence-electron chi connectivity index (χ2n) is 7.95. The van der Waals surface area contributed by atoms with Gasteiger partial charge >= 0.3 is 11.8 Å². The summed E-state index contributed by atoms with van der Waals surface area (Å²) in [4.78, 5) is 36.9. The molecule has 3 aromatic rings. The Morgan fingerprint density at radius 2 is 1.50 bits per heavy atom. The Morgan fingerprint density at radius 3 is 2.12 bits per heavy atom. The van der Waals surface area contributed by atoms with Crippen LogP contribution in [0.2, 0.25) is 0 Å². The Hall–Kier alpha value is -5.32. The van der Waals surface area contributed by atoms with E-state index in [4.69, 9.17) is 18.9 Å². The highest BCUT2D eigenvalue weighted by Gasteiger charge is 2.15. The molecule has 3 amide bonds. The highest BCUT2D eigenvalue weighted by atomic mass is 16.5. The van der Waals surface area contributed by atoms with Gasteiger partial charge in [0.25, 0.3) is 5.91 Å². The lowest BCUT2D eigenvalue weighted by Gasteiger charge is -2.13. The highest BCUT2D eigenvalue weighted by molar-refractivity contribution is 6.39. The molecule has 0 saturated carbocycles. The zero-order chi connectivity index (χ0) is 28.7. The maximum absolute atomic E-state index is 12.4. The molecule has 3 rings (SSSR count). The monoisotopic (exact) mass is 546 g/mol. The fraction of sp³-hybridized carbons (Fsp3) is 0.172. The number of anilines is 2. The van der Waals surface area contributed by atoms with Crippen LogP contribution in [0, 0.1) is 0 Å². The van der Waals surface area contributed by atoms with Crippen LogP contribution in [0.25, 0.3) is 0 Å². The number of carbonyl (C=O) groups is 3. The summed E-state index contributed by atoms with van der Waals surface area (Å²) in [5.41, 5.74) is 3.55. The molecular formula is C29H30N4O7. The highest BCUT2D eigenvalue weighted by Crippen LogP contribution is 2.30. The summed E-state index contributed by atoms with van der Waals surface area (Å²) in [7, 11) is 1.45. The molecule has 0 aromatic heterocycles. The number of hydrazone groups is 1. The Bertz CT molecular complexity index is 1340. The van der Waals surface area contributed by atoms with E-state index >= 15 is 0 Å². The third-order valence-corrected chi connectivity index (χ3v) is 5.08. The fourth-order valence-electron chi connectivity index (χ4n) is 3.27. The molecule has 0 fully saturated rings. The first kappa shape index (κ1) is 29.2. The van der Waals surface area contributed by atoms with Crippen LogP contribution in [0.1, 0.15) is 12.5 Å². The lowest BCUT2D eigenvalue weighted by molar-refractivity contribution is -0.136. The largest absolute Gasteiger partial charge is 0.494 e. The molecule has 3 aromatic carbocycles. The van der Waals surface area contributed by atoms with Crippen LogP contribution in [0.4, 0.5) is 11.4 Å². The van der Waals surface area contributed by atoms with Crippen molar-refractivity contribution in [2.45, 2.75) is 6.92 Å². The third-order valence-electron chi connectivity index (χ3n) is 5.08. The molecule has 0 heterocycles. The summed E-state index contributed by atoms with van der Waals surface area (Å²) in [5.74, 6) is -0.424. The lowest BCUT2D eigenvalue weighted by Crippen LogP contribution is -2.32. The van der Waals surface area contributed by atoms with Gasteiger partial charge in [0.2, 0.25) is 0 Å². The maximum Gasteiger partial charge on any atom is 0.329 e. The predicted molar refractivity (Wildman–Crippen MR) is 151 cm³/mol. The van der Waals surface area contributed by atoms with Crippen molar-refractivity contribution in [1.82, 2.24) is 5.43 Å². The third kappa shape index (κ3) is 8.91. The van der Waals surface area contributed by atoms with E-state index in [9.17, 15) is 14.4 Å². The quantitative estimate of drug-likeness (QED) is 0.129. The standard InChI is InChI=1S/C29H30N4O7/c1-4-17-39-24-15-11-22(12-16-24)32-28(35)29(36)33-30-18-20-7-6-8-25(37-3)27(20)40-19-26(34)31-21-9-13-23(14-10-21)38-5-2/h4,6-16,18H,1,5,17,19H2,2-3H3,(H,31,34)(H,32,35)(H,33,36)/b30-18-. The molecule has 0 atom stereocenters. The van der Waals surface area contributed by atoms with E-state index in [-0.39, 0.29) is 12.4 Å². The van der Waals surface area contributed by atoms with E-state index in [0.29, 0.717) is 47.4 Å². The number of nitrogens with zero attached hydrogens (tertiary/aromatic N) is 1. The van der Waals surface area contributed by atoms with E-state index in [1.165, 1.54) is 13.3 Å². The van der Waals surface area contributed by atoms with Gasteiger partial charge < -0.3 is 29.6 Å². The molecule has 0 aliphatic carbocycles. The van der Waals surface area contributed by atoms with Crippen molar-refractivity contribution >= 4 is 35.3 Å². The summed E-state index contributed by atoms with van der Waals surface area (Å²) in [6.45, 7) is 6.04. The molecular weight excluding hydrogens is 516 g/mol. The first-order valence-corrected chi connectivity index (χ1v) is 12.2. The molecule has 208 valence electrons. The maximum atomic E-state index is 12.4. The van der Waals surface area contributed by atoms with Crippen LogP contribution in [0.15, 0.2) is 84.5 Å². The molecule has 0 saturated heterocycles.